The van der Waals surface area contributed by atoms with Gasteiger partial charge in [-0.25, -0.2) is 9.37 Å². The van der Waals surface area contributed by atoms with Crippen LogP contribution in [0.2, 0.25) is 0 Å². The van der Waals surface area contributed by atoms with E-state index in [4.69, 9.17) is 0 Å². The normalized spacial score (nSPS) is 15.5. The summed E-state index contributed by atoms with van der Waals surface area (Å²) < 4.78 is 13.2. The first-order valence-electron chi connectivity index (χ1n) is 6.36. The second kappa shape index (κ2) is 5.32. The van der Waals surface area contributed by atoms with Crippen molar-refractivity contribution in [3.8, 4) is 11.3 Å². The SMILES string of the molecule is Fc1cccc(-c2cncc(N3CCNCC3)n2)c1. The topological polar surface area (TPSA) is 41.1 Å². The Morgan fingerprint density at radius 1 is 1.16 bits per heavy atom. The maximum atomic E-state index is 13.2. The average molecular weight is 258 g/mol. The van der Waals surface area contributed by atoms with Crippen LogP contribution in [0.5, 0.6) is 0 Å². The van der Waals surface area contributed by atoms with Gasteiger partial charge in [-0.05, 0) is 12.1 Å². The molecule has 0 radical (unpaired) electrons. The molecule has 1 N–H and O–H groups in total. The summed E-state index contributed by atoms with van der Waals surface area (Å²) in [4.78, 5) is 11.0. The molecular formula is C14H15FN4. The zero-order chi connectivity index (χ0) is 13.1. The first kappa shape index (κ1) is 12.0. The van der Waals surface area contributed by atoms with Crippen LogP contribution in [0.25, 0.3) is 11.3 Å². The van der Waals surface area contributed by atoms with Crippen molar-refractivity contribution in [1.82, 2.24) is 15.3 Å². The number of nitrogens with one attached hydrogen (secondary N) is 1. The zero-order valence-electron chi connectivity index (χ0n) is 10.5. The Labute approximate surface area is 111 Å². The number of aromatic nitrogens is 2. The van der Waals surface area contributed by atoms with E-state index in [1.807, 2.05) is 6.07 Å². The molecule has 19 heavy (non-hydrogen) atoms. The quantitative estimate of drug-likeness (QED) is 0.890. The molecule has 98 valence electrons. The second-order valence-corrected chi connectivity index (χ2v) is 4.51. The summed E-state index contributed by atoms with van der Waals surface area (Å²) in [6, 6.07) is 6.43. The van der Waals surface area contributed by atoms with Crippen LogP contribution in [0.3, 0.4) is 0 Å². The molecule has 1 aromatic heterocycles. The lowest BCUT2D eigenvalue weighted by Gasteiger charge is -2.28. The van der Waals surface area contributed by atoms with E-state index >= 15 is 0 Å². The van der Waals surface area contributed by atoms with Crippen molar-refractivity contribution in [2.75, 3.05) is 31.1 Å². The highest BCUT2D eigenvalue weighted by Crippen LogP contribution is 2.20. The van der Waals surface area contributed by atoms with Crippen LogP contribution in [0.4, 0.5) is 10.2 Å². The first-order chi connectivity index (χ1) is 9.33. The standard InChI is InChI=1S/C14H15FN4/c15-12-3-1-2-11(8-12)13-9-17-10-14(18-13)19-6-4-16-5-7-19/h1-3,8-10,16H,4-7H2. The lowest BCUT2D eigenvalue weighted by Crippen LogP contribution is -2.43. The number of hydrogen-bond acceptors (Lipinski definition) is 4. The van der Waals surface area contributed by atoms with Gasteiger partial charge in [-0.2, -0.15) is 0 Å². The van der Waals surface area contributed by atoms with Gasteiger partial charge in [0.1, 0.15) is 11.6 Å². The number of halogens is 1. The van der Waals surface area contributed by atoms with E-state index in [-0.39, 0.29) is 5.82 Å². The number of nitrogens with zero attached hydrogens (tertiary/aromatic N) is 3. The Balaban J connectivity index is 1.91. The number of rotatable bonds is 2. The van der Waals surface area contributed by atoms with Crippen LogP contribution in [-0.2, 0) is 0 Å². The second-order valence-electron chi connectivity index (χ2n) is 4.51. The Bertz CT molecular complexity index is 567. The molecule has 2 aromatic rings. The van der Waals surface area contributed by atoms with E-state index in [0.29, 0.717) is 5.69 Å². The predicted octanol–water partition coefficient (Wildman–Crippen LogP) is 1.69. The van der Waals surface area contributed by atoms with Crippen LogP contribution in [0.1, 0.15) is 0 Å². The molecule has 1 aliphatic rings. The van der Waals surface area contributed by atoms with Gasteiger partial charge in [0.15, 0.2) is 0 Å². The van der Waals surface area contributed by atoms with Crippen LogP contribution in [0, 0.1) is 5.82 Å². The van der Waals surface area contributed by atoms with Crippen molar-refractivity contribution in [2.24, 2.45) is 0 Å². The minimum atomic E-state index is -0.258. The van der Waals surface area contributed by atoms with Gasteiger partial charge in [-0.1, -0.05) is 12.1 Å². The number of hydrogen-bond donors (Lipinski definition) is 1. The lowest BCUT2D eigenvalue weighted by atomic mass is 10.1. The van der Waals surface area contributed by atoms with E-state index in [1.165, 1.54) is 12.1 Å². The molecule has 5 heteroatoms. The van der Waals surface area contributed by atoms with Gasteiger partial charge in [0.05, 0.1) is 18.1 Å². The van der Waals surface area contributed by atoms with E-state index in [0.717, 1.165) is 37.6 Å². The Morgan fingerprint density at radius 2 is 2.00 bits per heavy atom. The van der Waals surface area contributed by atoms with Crippen LogP contribution < -0.4 is 10.2 Å². The highest BCUT2D eigenvalue weighted by molar-refractivity contribution is 5.60. The Hall–Kier alpha value is -2.01. The smallest absolute Gasteiger partial charge is 0.147 e. The molecule has 1 aliphatic heterocycles. The van der Waals surface area contributed by atoms with Gasteiger partial charge >= 0.3 is 0 Å². The van der Waals surface area contributed by atoms with Gasteiger partial charge in [-0.3, -0.25) is 4.98 Å². The molecular weight excluding hydrogens is 243 g/mol. The molecule has 0 saturated carbocycles. The van der Waals surface area contributed by atoms with E-state index in [9.17, 15) is 4.39 Å². The highest BCUT2D eigenvalue weighted by atomic mass is 19.1. The predicted molar refractivity (Wildman–Crippen MR) is 72.5 cm³/mol. The number of benzene rings is 1. The average Bonchev–Trinajstić information content (AvgIpc) is 2.48. The molecule has 3 rings (SSSR count). The summed E-state index contributed by atoms with van der Waals surface area (Å²) >= 11 is 0. The van der Waals surface area contributed by atoms with Crippen molar-refractivity contribution in [3.63, 3.8) is 0 Å². The summed E-state index contributed by atoms with van der Waals surface area (Å²) in [7, 11) is 0. The summed E-state index contributed by atoms with van der Waals surface area (Å²) in [6.07, 6.45) is 3.43. The fourth-order valence-electron chi connectivity index (χ4n) is 2.19. The monoisotopic (exact) mass is 258 g/mol. The largest absolute Gasteiger partial charge is 0.353 e. The Kier molecular flexibility index (Phi) is 3.37. The molecule has 2 heterocycles. The molecule has 1 fully saturated rings. The lowest BCUT2D eigenvalue weighted by molar-refractivity contribution is 0.584. The summed E-state index contributed by atoms with van der Waals surface area (Å²) in [5, 5.41) is 3.30. The van der Waals surface area contributed by atoms with Gasteiger partial charge in [-0.15, -0.1) is 0 Å². The molecule has 0 amide bonds. The highest BCUT2D eigenvalue weighted by Gasteiger charge is 2.12. The van der Waals surface area contributed by atoms with Crippen molar-refractivity contribution < 1.29 is 4.39 Å². The number of piperazine rings is 1. The first-order valence-corrected chi connectivity index (χ1v) is 6.36. The van der Waals surface area contributed by atoms with Crippen LogP contribution in [-0.4, -0.2) is 36.1 Å². The molecule has 0 bridgehead atoms. The third-order valence-electron chi connectivity index (χ3n) is 3.18. The maximum Gasteiger partial charge on any atom is 0.147 e. The summed E-state index contributed by atoms with van der Waals surface area (Å²) in [5.74, 6) is 0.593. The van der Waals surface area contributed by atoms with Crippen molar-refractivity contribution in [3.05, 3.63) is 42.5 Å². The van der Waals surface area contributed by atoms with Gasteiger partial charge in [0.2, 0.25) is 0 Å². The van der Waals surface area contributed by atoms with Gasteiger partial charge in [0.25, 0.3) is 0 Å². The molecule has 1 saturated heterocycles. The van der Waals surface area contributed by atoms with Gasteiger partial charge < -0.3 is 10.2 Å². The minimum Gasteiger partial charge on any atom is -0.353 e. The minimum absolute atomic E-state index is 0.258. The van der Waals surface area contributed by atoms with E-state index in [1.54, 1.807) is 18.5 Å². The van der Waals surface area contributed by atoms with Crippen molar-refractivity contribution in [1.29, 1.82) is 0 Å². The maximum absolute atomic E-state index is 13.2. The van der Waals surface area contributed by atoms with Crippen molar-refractivity contribution in [2.45, 2.75) is 0 Å². The Morgan fingerprint density at radius 3 is 2.79 bits per heavy atom. The van der Waals surface area contributed by atoms with Crippen LogP contribution in [0.15, 0.2) is 36.7 Å². The summed E-state index contributed by atoms with van der Waals surface area (Å²) in [5.41, 5.74) is 1.46. The molecule has 4 nitrogen and oxygen atoms in total. The summed E-state index contributed by atoms with van der Waals surface area (Å²) in [6.45, 7) is 3.74. The molecule has 0 unspecified atom stereocenters. The fraction of sp³-hybridized carbons (Fsp3) is 0.286. The van der Waals surface area contributed by atoms with Crippen LogP contribution >= 0.6 is 0 Å². The van der Waals surface area contributed by atoms with Gasteiger partial charge in [0, 0.05) is 31.7 Å². The van der Waals surface area contributed by atoms with E-state index in [2.05, 4.69) is 20.2 Å². The molecule has 1 aromatic carbocycles. The van der Waals surface area contributed by atoms with Crippen molar-refractivity contribution >= 4 is 5.82 Å². The third-order valence-corrected chi connectivity index (χ3v) is 3.18. The molecule has 0 spiro atoms. The zero-order valence-corrected chi connectivity index (χ0v) is 10.5. The van der Waals surface area contributed by atoms with E-state index < -0.39 is 0 Å². The fourth-order valence-corrected chi connectivity index (χ4v) is 2.19. The molecule has 0 atom stereocenters. The molecule has 0 aliphatic carbocycles. The third kappa shape index (κ3) is 2.71. The number of anilines is 1.